The van der Waals surface area contributed by atoms with Crippen molar-refractivity contribution >= 4 is 15.9 Å². The van der Waals surface area contributed by atoms with Gasteiger partial charge >= 0.3 is 0 Å². The molecule has 3 atom stereocenters. The quantitative estimate of drug-likeness (QED) is 0.732. The van der Waals surface area contributed by atoms with Crippen LogP contribution in [0.2, 0.25) is 0 Å². The Labute approximate surface area is 137 Å². The van der Waals surface area contributed by atoms with E-state index in [-0.39, 0.29) is 0 Å². The fourth-order valence-electron chi connectivity index (χ4n) is 3.10. The van der Waals surface area contributed by atoms with Gasteiger partial charge in [0.1, 0.15) is 5.75 Å². The highest BCUT2D eigenvalue weighted by atomic mass is 79.9. The monoisotopic (exact) mass is 353 g/mol. The van der Waals surface area contributed by atoms with Gasteiger partial charge in [-0.3, -0.25) is 0 Å². The molecular weight excluding hydrogens is 326 g/mol. The third kappa shape index (κ3) is 5.00. The summed E-state index contributed by atoms with van der Waals surface area (Å²) in [6, 6.07) is 6.70. The van der Waals surface area contributed by atoms with Gasteiger partial charge in [-0.25, -0.2) is 0 Å². The molecule has 3 heteroatoms. The number of hydrogen-bond acceptors (Lipinski definition) is 2. The molecule has 2 rings (SSSR count). The maximum atomic E-state index is 6.35. The van der Waals surface area contributed by atoms with Crippen LogP contribution in [0.3, 0.4) is 0 Å². The summed E-state index contributed by atoms with van der Waals surface area (Å²) in [7, 11) is 0. The molecule has 0 spiro atoms. The lowest BCUT2D eigenvalue weighted by atomic mass is 9.88. The number of halogens is 1. The first-order chi connectivity index (χ1) is 10.1. The number of nitrogens with one attached hydrogen (secondary N) is 1. The SMILES string of the molecule is CCCNC(C)c1cc(Br)ccc1OC1CCCC(C)C1. The van der Waals surface area contributed by atoms with Crippen molar-refractivity contribution in [3.63, 3.8) is 0 Å². The summed E-state index contributed by atoms with van der Waals surface area (Å²) in [6.45, 7) is 7.78. The number of rotatable bonds is 6. The third-order valence-electron chi connectivity index (χ3n) is 4.32. The second-order valence-electron chi connectivity index (χ2n) is 6.37. The minimum absolute atomic E-state index is 0.318. The van der Waals surface area contributed by atoms with Crippen LogP contribution >= 0.6 is 15.9 Å². The Morgan fingerprint density at radius 2 is 2.19 bits per heavy atom. The Balaban J connectivity index is 2.10. The maximum Gasteiger partial charge on any atom is 0.124 e. The van der Waals surface area contributed by atoms with Gasteiger partial charge in [-0.05, 0) is 63.3 Å². The van der Waals surface area contributed by atoms with Crippen LogP contribution < -0.4 is 10.1 Å². The molecule has 0 heterocycles. The molecule has 1 aliphatic rings. The summed E-state index contributed by atoms with van der Waals surface area (Å²) in [6.07, 6.45) is 6.55. The van der Waals surface area contributed by atoms with Gasteiger partial charge in [0.2, 0.25) is 0 Å². The fraction of sp³-hybridized carbons (Fsp3) is 0.667. The zero-order valence-corrected chi connectivity index (χ0v) is 15.1. The minimum atomic E-state index is 0.318. The highest BCUT2D eigenvalue weighted by molar-refractivity contribution is 9.10. The second-order valence-corrected chi connectivity index (χ2v) is 7.29. The van der Waals surface area contributed by atoms with Crippen molar-refractivity contribution in [2.75, 3.05) is 6.54 Å². The minimum Gasteiger partial charge on any atom is -0.490 e. The van der Waals surface area contributed by atoms with Gasteiger partial charge in [-0.1, -0.05) is 36.2 Å². The molecule has 0 aromatic heterocycles. The zero-order valence-electron chi connectivity index (χ0n) is 13.5. The Morgan fingerprint density at radius 3 is 2.90 bits per heavy atom. The first kappa shape index (κ1) is 16.8. The van der Waals surface area contributed by atoms with Gasteiger partial charge in [0, 0.05) is 16.1 Å². The van der Waals surface area contributed by atoms with Crippen LogP contribution in [0, 0.1) is 5.92 Å². The summed E-state index contributed by atoms with van der Waals surface area (Å²) in [4.78, 5) is 0. The van der Waals surface area contributed by atoms with Crippen LogP contribution in [-0.4, -0.2) is 12.6 Å². The lowest BCUT2D eigenvalue weighted by Crippen LogP contribution is -2.26. The van der Waals surface area contributed by atoms with E-state index in [0.29, 0.717) is 12.1 Å². The predicted molar refractivity (Wildman–Crippen MR) is 92.9 cm³/mol. The topological polar surface area (TPSA) is 21.3 Å². The normalized spacial score (nSPS) is 23.8. The number of hydrogen-bond donors (Lipinski definition) is 1. The predicted octanol–water partition coefficient (Wildman–Crippen LogP) is 5.47. The highest BCUT2D eigenvalue weighted by Crippen LogP contribution is 2.33. The van der Waals surface area contributed by atoms with E-state index in [2.05, 4.69) is 60.2 Å². The molecule has 1 saturated carbocycles. The van der Waals surface area contributed by atoms with Gasteiger partial charge in [0.15, 0.2) is 0 Å². The molecule has 0 radical (unpaired) electrons. The zero-order chi connectivity index (χ0) is 15.2. The van der Waals surface area contributed by atoms with Gasteiger partial charge in [0.25, 0.3) is 0 Å². The molecule has 1 aliphatic carbocycles. The first-order valence-corrected chi connectivity index (χ1v) is 9.09. The molecule has 1 N–H and O–H groups in total. The molecule has 1 aromatic rings. The lowest BCUT2D eigenvalue weighted by Gasteiger charge is -2.29. The van der Waals surface area contributed by atoms with Crippen molar-refractivity contribution in [1.82, 2.24) is 5.32 Å². The number of ether oxygens (including phenoxy) is 1. The van der Waals surface area contributed by atoms with Crippen molar-refractivity contribution in [1.29, 1.82) is 0 Å². The van der Waals surface area contributed by atoms with Crippen molar-refractivity contribution in [2.45, 2.75) is 65.0 Å². The summed E-state index contributed by atoms with van der Waals surface area (Å²) >= 11 is 3.58. The van der Waals surface area contributed by atoms with Crippen LogP contribution in [0.15, 0.2) is 22.7 Å². The Morgan fingerprint density at radius 1 is 1.38 bits per heavy atom. The maximum absolute atomic E-state index is 6.35. The Bertz CT molecular complexity index is 449. The molecule has 1 aromatic carbocycles. The van der Waals surface area contributed by atoms with E-state index in [1.807, 2.05) is 0 Å². The van der Waals surface area contributed by atoms with Crippen LogP contribution in [-0.2, 0) is 0 Å². The summed E-state index contributed by atoms with van der Waals surface area (Å²) < 4.78 is 7.47. The smallest absolute Gasteiger partial charge is 0.124 e. The molecule has 3 unspecified atom stereocenters. The Hall–Kier alpha value is -0.540. The number of benzene rings is 1. The Kier molecular flexibility index (Phi) is 6.56. The summed E-state index contributed by atoms with van der Waals surface area (Å²) in [5.41, 5.74) is 1.26. The third-order valence-corrected chi connectivity index (χ3v) is 4.81. The van der Waals surface area contributed by atoms with E-state index in [1.54, 1.807) is 0 Å². The van der Waals surface area contributed by atoms with Crippen molar-refractivity contribution in [3.05, 3.63) is 28.2 Å². The van der Waals surface area contributed by atoms with E-state index in [1.165, 1.54) is 31.2 Å². The molecule has 0 amide bonds. The average molecular weight is 354 g/mol. The fourth-order valence-corrected chi connectivity index (χ4v) is 3.48. The van der Waals surface area contributed by atoms with Crippen LogP contribution in [0.5, 0.6) is 5.75 Å². The summed E-state index contributed by atoms with van der Waals surface area (Å²) in [5.74, 6) is 1.84. The molecule has 118 valence electrons. The van der Waals surface area contributed by atoms with E-state index in [4.69, 9.17) is 4.74 Å². The molecule has 1 fully saturated rings. The molecule has 21 heavy (non-hydrogen) atoms. The molecule has 0 bridgehead atoms. The van der Waals surface area contributed by atoms with E-state index < -0.39 is 0 Å². The van der Waals surface area contributed by atoms with Gasteiger partial charge in [0.05, 0.1) is 6.10 Å². The van der Waals surface area contributed by atoms with Crippen LogP contribution in [0.4, 0.5) is 0 Å². The first-order valence-electron chi connectivity index (χ1n) is 8.29. The van der Waals surface area contributed by atoms with Crippen molar-refractivity contribution in [2.24, 2.45) is 5.92 Å². The molecule has 0 saturated heterocycles. The average Bonchev–Trinajstić information content (AvgIpc) is 2.46. The molecular formula is C18H28BrNO. The molecule has 0 aliphatic heterocycles. The standard InChI is InChI=1S/C18H28BrNO/c1-4-10-20-14(3)17-12-15(19)8-9-18(17)21-16-7-5-6-13(2)11-16/h8-9,12-14,16,20H,4-7,10-11H2,1-3H3. The van der Waals surface area contributed by atoms with E-state index in [0.717, 1.165) is 29.1 Å². The van der Waals surface area contributed by atoms with Crippen LogP contribution in [0.25, 0.3) is 0 Å². The van der Waals surface area contributed by atoms with Crippen molar-refractivity contribution < 1.29 is 4.74 Å². The largest absolute Gasteiger partial charge is 0.490 e. The lowest BCUT2D eigenvalue weighted by molar-refractivity contribution is 0.127. The van der Waals surface area contributed by atoms with Crippen molar-refractivity contribution in [3.8, 4) is 5.75 Å². The highest BCUT2D eigenvalue weighted by Gasteiger charge is 2.22. The van der Waals surface area contributed by atoms with E-state index >= 15 is 0 Å². The van der Waals surface area contributed by atoms with Crippen LogP contribution in [0.1, 0.15) is 64.5 Å². The van der Waals surface area contributed by atoms with E-state index in [9.17, 15) is 0 Å². The molecule has 2 nitrogen and oxygen atoms in total. The summed E-state index contributed by atoms with van der Waals surface area (Å²) in [5, 5.41) is 3.56. The van der Waals surface area contributed by atoms with Gasteiger partial charge in [-0.15, -0.1) is 0 Å². The van der Waals surface area contributed by atoms with Gasteiger partial charge in [-0.2, -0.15) is 0 Å². The van der Waals surface area contributed by atoms with Gasteiger partial charge < -0.3 is 10.1 Å². The second kappa shape index (κ2) is 8.19.